The lowest BCUT2D eigenvalue weighted by Crippen LogP contribution is -2.47. The molecule has 1 aromatic carbocycles. The van der Waals surface area contributed by atoms with Gasteiger partial charge >= 0.3 is 0 Å². The average molecular weight is 310 g/mol. The summed E-state index contributed by atoms with van der Waals surface area (Å²) in [6.45, 7) is 1.85. The predicted octanol–water partition coefficient (Wildman–Crippen LogP) is 2.51. The molecule has 4 rings (SSSR count). The Balaban J connectivity index is 1.41. The van der Waals surface area contributed by atoms with Crippen LogP contribution in [0.25, 0.3) is 10.9 Å². The second kappa shape index (κ2) is 6.14. The van der Waals surface area contributed by atoms with Crippen molar-refractivity contribution in [2.75, 3.05) is 18.0 Å². The molecule has 1 saturated heterocycles. The smallest absolute Gasteiger partial charge is 0.223 e. The van der Waals surface area contributed by atoms with E-state index in [0.29, 0.717) is 6.04 Å². The number of rotatable bonds is 3. The molecule has 2 aromatic rings. The van der Waals surface area contributed by atoms with Gasteiger partial charge < -0.3 is 10.2 Å². The maximum atomic E-state index is 12.1. The van der Waals surface area contributed by atoms with Gasteiger partial charge in [0, 0.05) is 30.4 Å². The number of para-hydroxylation sites is 1. The molecule has 23 heavy (non-hydrogen) atoms. The monoisotopic (exact) mass is 310 g/mol. The predicted molar refractivity (Wildman–Crippen MR) is 90.3 cm³/mol. The zero-order valence-corrected chi connectivity index (χ0v) is 13.2. The standard InChI is InChI=1S/C18H22N4O/c23-18(13-4-3-5-13)21-14-8-10-22(11-9-14)17-15-6-1-2-7-16(15)19-12-20-17/h1-2,6-7,12-14H,3-5,8-11H2,(H,21,23). The number of benzene rings is 1. The number of anilines is 1. The molecule has 0 bridgehead atoms. The van der Waals surface area contributed by atoms with E-state index >= 15 is 0 Å². The van der Waals surface area contributed by atoms with Gasteiger partial charge in [-0.05, 0) is 37.8 Å². The lowest BCUT2D eigenvalue weighted by Gasteiger charge is -2.35. The first-order valence-electron chi connectivity index (χ1n) is 8.56. The van der Waals surface area contributed by atoms with Crippen molar-refractivity contribution < 1.29 is 4.79 Å². The lowest BCUT2D eigenvalue weighted by atomic mass is 9.84. The van der Waals surface area contributed by atoms with Gasteiger partial charge in [-0.3, -0.25) is 4.79 Å². The summed E-state index contributed by atoms with van der Waals surface area (Å²) in [6.07, 6.45) is 6.95. The molecule has 2 heterocycles. The quantitative estimate of drug-likeness (QED) is 0.946. The largest absolute Gasteiger partial charge is 0.356 e. The minimum atomic E-state index is 0.266. The first kappa shape index (κ1) is 14.4. The lowest BCUT2D eigenvalue weighted by molar-refractivity contribution is -0.128. The molecule has 0 unspecified atom stereocenters. The van der Waals surface area contributed by atoms with Crippen molar-refractivity contribution in [3.8, 4) is 0 Å². The fourth-order valence-corrected chi connectivity index (χ4v) is 3.47. The van der Waals surface area contributed by atoms with E-state index in [4.69, 9.17) is 0 Å². The molecular weight excluding hydrogens is 288 g/mol. The van der Waals surface area contributed by atoms with Gasteiger partial charge in [-0.1, -0.05) is 18.6 Å². The Bertz CT molecular complexity index is 700. The summed E-state index contributed by atoms with van der Waals surface area (Å²) in [6, 6.07) is 8.44. The van der Waals surface area contributed by atoms with Crippen LogP contribution in [-0.4, -0.2) is 35.0 Å². The minimum absolute atomic E-state index is 0.266. The van der Waals surface area contributed by atoms with Crippen LogP contribution in [0.1, 0.15) is 32.1 Å². The topological polar surface area (TPSA) is 58.1 Å². The van der Waals surface area contributed by atoms with E-state index in [1.54, 1.807) is 6.33 Å². The average Bonchev–Trinajstić information content (AvgIpc) is 2.53. The molecule has 1 amide bonds. The zero-order chi connectivity index (χ0) is 15.6. The van der Waals surface area contributed by atoms with E-state index in [9.17, 15) is 4.79 Å². The molecule has 1 saturated carbocycles. The number of piperidine rings is 1. The van der Waals surface area contributed by atoms with Crippen molar-refractivity contribution in [3.05, 3.63) is 30.6 Å². The maximum Gasteiger partial charge on any atom is 0.223 e. The highest BCUT2D eigenvalue weighted by molar-refractivity contribution is 5.89. The highest BCUT2D eigenvalue weighted by atomic mass is 16.2. The number of fused-ring (bicyclic) bond motifs is 1. The summed E-state index contributed by atoms with van der Waals surface area (Å²) >= 11 is 0. The summed E-state index contributed by atoms with van der Waals surface area (Å²) in [5.74, 6) is 1.56. The molecule has 5 nitrogen and oxygen atoms in total. The van der Waals surface area contributed by atoms with Crippen LogP contribution in [0.5, 0.6) is 0 Å². The van der Waals surface area contributed by atoms with Gasteiger partial charge in [0.25, 0.3) is 0 Å². The number of amides is 1. The van der Waals surface area contributed by atoms with Gasteiger partial charge in [0.1, 0.15) is 12.1 Å². The molecule has 1 aromatic heterocycles. The molecule has 2 fully saturated rings. The van der Waals surface area contributed by atoms with Crippen molar-refractivity contribution in [1.82, 2.24) is 15.3 Å². The third-order valence-corrected chi connectivity index (χ3v) is 5.14. The van der Waals surface area contributed by atoms with Crippen molar-refractivity contribution in [1.29, 1.82) is 0 Å². The van der Waals surface area contributed by atoms with Crippen LogP contribution in [0.3, 0.4) is 0 Å². The fraction of sp³-hybridized carbons (Fsp3) is 0.500. The molecule has 0 spiro atoms. The van der Waals surface area contributed by atoms with E-state index in [0.717, 1.165) is 55.5 Å². The van der Waals surface area contributed by atoms with Crippen LogP contribution in [0.2, 0.25) is 0 Å². The number of nitrogens with zero attached hydrogens (tertiary/aromatic N) is 3. The van der Waals surface area contributed by atoms with Crippen molar-refractivity contribution in [3.63, 3.8) is 0 Å². The normalized spacial score (nSPS) is 19.6. The number of carbonyl (C=O) groups excluding carboxylic acids is 1. The summed E-state index contributed by atoms with van der Waals surface area (Å²) < 4.78 is 0. The summed E-state index contributed by atoms with van der Waals surface area (Å²) in [7, 11) is 0. The first-order valence-corrected chi connectivity index (χ1v) is 8.56. The SMILES string of the molecule is O=C(NC1CCN(c2ncnc3ccccc23)CC1)C1CCC1. The molecule has 0 radical (unpaired) electrons. The fourth-order valence-electron chi connectivity index (χ4n) is 3.47. The Kier molecular flexibility index (Phi) is 3.85. The van der Waals surface area contributed by atoms with Gasteiger partial charge in [0.2, 0.25) is 5.91 Å². The molecule has 1 aliphatic heterocycles. The molecule has 1 aliphatic carbocycles. The molecular formula is C18H22N4O. The second-order valence-corrected chi connectivity index (χ2v) is 6.61. The van der Waals surface area contributed by atoms with Crippen molar-refractivity contribution >= 4 is 22.6 Å². The van der Waals surface area contributed by atoms with Crippen LogP contribution >= 0.6 is 0 Å². The molecule has 120 valence electrons. The van der Waals surface area contributed by atoms with E-state index in [2.05, 4.69) is 26.3 Å². The van der Waals surface area contributed by atoms with Gasteiger partial charge in [0.05, 0.1) is 5.52 Å². The van der Waals surface area contributed by atoms with Crippen LogP contribution < -0.4 is 10.2 Å². The Hall–Kier alpha value is -2.17. The summed E-state index contributed by atoms with van der Waals surface area (Å²) in [4.78, 5) is 23.2. The number of carbonyl (C=O) groups is 1. The Labute approximate surface area is 136 Å². The van der Waals surface area contributed by atoms with Gasteiger partial charge in [-0.15, -0.1) is 0 Å². The molecule has 2 aliphatic rings. The van der Waals surface area contributed by atoms with Crippen LogP contribution in [0.15, 0.2) is 30.6 Å². The van der Waals surface area contributed by atoms with Crippen LogP contribution in [-0.2, 0) is 4.79 Å². The maximum absolute atomic E-state index is 12.1. The highest BCUT2D eigenvalue weighted by Gasteiger charge is 2.28. The number of nitrogens with one attached hydrogen (secondary N) is 1. The molecule has 0 atom stereocenters. The van der Waals surface area contributed by atoms with E-state index in [1.807, 2.05) is 18.2 Å². The number of hydrogen-bond acceptors (Lipinski definition) is 4. The third-order valence-electron chi connectivity index (χ3n) is 5.14. The summed E-state index contributed by atoms with van der Waals surface area (Å²) in [5.41, 5.74) is 0.984. The van der Waals surface area contributed by atoms with E-state index in [-0.39, 0.29) is 11.8 Å². The Morgan fingerprint density at radius 1 is 1.09 bits per heavy atom. The van der Waals surface area contributed by atoms with Crippen molar-refractivity contribution in [2.45, 2.75) is 38.1 Å². The first-order chi connectivity index (χ1) is 11.3. The van der Waals surface area contributed by atoms with E-state index < -0.39 is 0 Å². The number of aromatic nitrogens is 2. The van der Waals surface area contributed by atoms with Crippen LogP contribution in [0.4, 0.5) is 5.82 Å². The van der Waals surface area contributed by atoms with Gasteiger partial charge in [-0.25, -0.2) is 9.97 Å². The second-order valence-electron chi connectivity index (χ2n) is 6.61. The number of hydrogen-bond donors (Lipinski definition) is 1. The summed E-state index contributed by atoms with van der Waals surface area (Å²) in [5, 5.41) is 4.34. The van der Waals surface area contributed by atoms with Gasteiger partial charge in [-0.2, -0.15) is 0 Å². The third kappa shape index (κ3) is 2.87. The molecule has 1 N–H and O–H groups in total. The highest BCUT2D eigenvalue weighted by Crippen LogP contribution is 2.28. The minimum Gasteiger partial charge on any atom is -0.356 e. The Morgan fingerprint density at radius 3 is 2.61 bits per heavy atom. The van der Waals surface area contributed by atoms with Crippen molar-refractivity contribution in [2.24, 2.45) is 5.92 Å². The zero-order valence-electron chi connectivity index (χ0n) is 13.2. The van der Waals surface area contributed by atoms with E-state index in [1.165, 1.54) is 6.42 Å². The van der Waals surface area contributed by atoms with Gasteiger partial charge in [0.15, 0.2) is 0 Å². The van der Waals surface area contributed by atoms with Crippen LogP contribution in [0, 0.1) is 5.92 Å². The Morgan fingerprint density at radius 2 is 1.87 bits per heavy atom. The molecule has 5 heteroatoms.